The van der Waals surface area contributed by atoms with E-state index in [1.807, 2.05) is 0 Å². The fourth-order valence-corrected chi connectivity index (χ4v) is 1.59. The smallest absolute Gasteiger partial charge is 0.256 e. The van der Waals surface area contributed by atoms with E-state index >= 15 is 0 Å². The summed E-state index contributed by atoms with van der Waals surface area (Å²) in [5, 5.41) is 6.80. The summed E-state index contributed by atoms with van der Waals surface area (Å²) in [5.74, 6) is 0.0240. The summed E-state index contributed by atoms with van der Waals surface area (Å²) < 4.78 is 6.35. The topological polar surface area (TPSA) is 95.1 Å². The third-order valence-electron chi connectivity index (χ3n) is 2.55. The van der Waals surface area contributed by atoms with Crippen LogP contribution in [0.4, 0.5) is 5.82 Å². The van der Waals surface area contributed by atoms with Gasteiger partial charge in [-0.1, -0.05) is 0 Å². The predicted octanol–water partition coefficient (Wildman–Crippen LogP) is 0.226. The zero-order chi connectivity index (χ0) is 13.7. The van der Waals surface area contributed by atoms with Gasteiger partial charge in [0.25, 0.3) is 5.91 Å². The van der Waals surface area contributed by atoms with E-state index in [0.29, 0.717) is 24.5 Å². The van der Waals surface area contributed by atoms with Crippen molar-refractivity contribution in [2.75, 3.05) is 26.0 Å². The van der Waals surface area contributed by atoms with Crippen molar-refractivity contribution in [3.63, 3.8) is 0 Å². The molecule has 7 nitrogen and oxygen atoms in total. The lowest BCUT2D eigenvalue weighted by Gasteiger charge is -2.05. The highest BCUT2D eigenvalue weighted by Gasteiger charge is 2.15. The molecule has 0 saturated heterocycles. The van der Waals surface area contributed by atoms with Gasteiger partial charge in [0.05, 0.1) is 18.5 Å². The number of aromatic nitrogens is 3. The van der Waals surface area contributed by atoms with E-state index in [2.05, 4.69) is 15.4 Å². The van der Waals surface area contributed by atoms with Crippen LogP contribution in [0.5, 0.6) is 0 Å². The first kappa shape index (κ1) is 13.0. The van der Waals surface area contributed by atoms with E-state index in [1.54, 1.807) is 31.6 Å². The van der Waals surface area contributed by atoms with Crippen molar-refractivity contribution in [1.82, 2.24) is 20.1 Å². The number of nitrogens with one attached hydrogen (secondary N) is 1. The standard InChI is InChI=1S/C12H15N5O2/c1-19-7-6-15-12(18)10-8-16-17(11(10)13)9-2-4-14-5-3-9/h2-5,8H,6-7,13H2,1H3,(H,15,18). The minimum Gasteiger partial charge on any atom is -0.383 e. The van der Waals surface area contributed by atoms with Gasteiger partial charge in [-0.15, -0.1) is 0 Å². The number of nitrogens with two attached hydrogens (primary N) is 1. The molecule has 2 rings (SSSR count). The lowest BCUT2D eigenvalue weighted by atomic mass is 10.3. The molecule has 0 fully saturated rings. The van der Waals surface area contributed by atoms with Crippen molar-refractivity contribution in [3.8, 4) is 5.69 Å². The Balaban J connectivity index is 2.17. The number of carbonyl (C=O) groups excluding carboxylic acids is 1. The van der Waals surface area contributed by atoms with Crippen LogP contribution in [0.15, 0.2) is 30.7 Å². The molecule has 0 aliphatic rings. The molecule has 0 atom stereocenters. The Morgan fingerprint density at radius 1 is 1.47 bits per heavy atom. The SMILES string of the molecule is COCCNC(=O)c1cnn(-c2ccncc2)c1N. The first-order valence-corrected chi connectivity index (χ1v) is 5.75. The quantitative estimate of drug-likeness (QED) is 0.751. The van der Waals surface area contributed by atoms with E-state index in [1.165, 1.54) is 10.9 Å². The van der Waals surface area contributed by atoms with Gasteiger partial charge >= 0.3 is 0 Å². The summed E-state index contributed by atoms with van der Waals surface area (Å²) in [6, 6.07) is 3.52. The van der Waals surface area contributed by atoms with Gasteiger partial charge in [-0.3, -0.25) is 9.78 Å². The number of nitrogen functional groups attached to an aromatic ring is 1. The maximum atomic E-state index is 11.9. The van der Waals surface area contributed by atoms with Crippen molar-refractivity contribution in [1.29, 1.82) is 0 Å². The summed E-state index contributed by atoms with van der Waals surface area (Å²) in [5.41, 5.74) is 7.02. The van der Waals surface area contributed by atoms with Crippen molar-refractivity contribution in [2.24, 2.45) is 0 Å². The number of hydrogen-bond donors (Lipinski definition) is 2. The fraction of sp³-hybridized carbons (Fsp3) is 0.250. The molecule has 0 saturated carbocycles. The minimum atomic E-state index is -0.269. The third kappa shape index (κ3) is 2.89. The van der Waals surface area contributed by atoms with Gasteiger partial charge in [0.1, 0.15) is 11.4 Å². The Labute approximate surface area is 110 Å². The number of hydrogen-bond acceptors (Lipinski definition) is 5. The van der Waals surface area contributed by atoms with E-state index < -0.39 is 0 Å². The van der Waals surface area contributed by atoms with Crippen LogP contribution in [-0.2, 0) is 4.74 Å². The normalized spacial score (nSPS) is 10.4. The van der Waals surface area contributed by atoms with Gasteiger partial charge in [-0.25, -0.2) is 4.68 Å². The summed E-state index contributed by atoms with van der Waals surface area (Å²) in [6.45, 7) is 0.874. The molecular weight excluding hydrogens is 246 g/mol. The van der Waals surface area contributed by atoms with Crippen LogP contribution in [0.1, 0.15) is 10.4 Å². The summed E-state index contributed by atoms with van der Waals surface area (Å²) >= 11 is 0. The molecule has 0 aliphatic heterocycles. The van der Waals surface area contributed by atoms with Crippen LogP contribution in [-0.4, -0.2) is 40.9 Å². The van der Waals surface area contributed by atoms with Crippen molar-refractivity contribution >= 4 is 11.7 Å². The zero-order valence-corrected chi connectivity index (χ0v) is 10.5. The Kier molecular flexibility index (Phi) is 4.09. The van der Waals surface area contributed by atoms with Gasteiger partial charge in [-0.05, 0) is 12.1 Å². The largest absolute Gasteiger partial charge is 0.383 e. The zero-order valence-electron chi connectivity index (χ0n) is 10.5. The second kappa shape index (κ2) is 5.96. The highest BCUT2D eigenvalue weighted by Crippen LogP contribution is 2.16. The highest BCUT2D eigenvalue weighted by molar-refractivity contribution is 5.98. The first-order valence-electron chi connectivity index (χ1n) is 5.75. The molecule has 0 spiro atoms. The second-order valence-corrected chi connectivity index (χ2v) is 3.81. The number of carbonyl (C=O) groups is 1. The van der Waals surface area contributed by atoms with Gasteiger partial charge < -0.3 is 15.8 Å². The summed E-state index contributed by atoms with van der Waals surface area (Å²) in [7, 11) is 1.57. The first-order chi connectivity index (χ1) is 9.24. The molecule has 3 N–H and O–H groups in total. The van der Waals surface area contributed by atoms with Gasteiger partial charge in [0, 0.05) is 26.0 Å². The lowest BCUT2D eigenvalue weighted by Crippen LogP contribution is -2.27. The number of amides is 1. The number of rotatable bonds is 5. The molecule has 0 aliphatic carbocycles. The Hall–Kier alpha value is -2.41. The average molecular weight is 261 g/mol. The maximum absolute atomic E-state index is 11.9. The molecule has 2 aromatic rings. The van der Waals surface area contributed by atoms with Crippen molar-refractivity contribution < 1.29 is 9.53 Å². The van der Waals surface area contributed by atoms with Crippen LogP contribution >= 0.6 is 0 Å². The van der Waals surface area contributed by atoms with Crippen molar-refractivity contribution in [3.05, 3.63) is 36.3 Å². The van der Waals surface area contributed by atoms with Gasteiger partial charge in [0.2, 0.25) is 0 Å². The second-order valence-electron chi connectivity index (χ2n) is 3.81. The van der Waals surface area contributed by atoms with E-state index in [9.17, 15) is 4.79 Å². The molecule has 100 valence electrons. The van der Waals surface area contributed by atoms with Crippen LogP contribution in [0.2, 0.25) is 0 Å². The van der Waals surface area contributed by atoms with Crippen molar-refractivity contribution in [2.45, 2.75) is 0 Å². The number of methoxy groups -OCH3 is 1. The predicted molar refractivity (Wildman–Crippen MR) is 70.0 cm³/mol. The molecule has 19 heavy (non-hydrogen) atoms. The molecule has 7 heteroatoms. The summed E-state index contributed by atoms with van der Waals surface area (Å²) in [6.07, 6.45) is 4.71. The molecule has 0 radical (unpaired) electrons. The minimum absolute atomic E-state index is 0.269. The molecule has 2 aromatic heterocycles. The van der Waals surface area contributed by atoms with Gasteiger partial charge in [-0.2, -0.15) is 5.10 Å². The average Bonchev–Trinajstić information content (AvgIpc) is 2.82. The molecule has 2 heterocycles. The Morgan fingerprint density at radius 2 is 2.21 bits per heavy atom. The monoisotopic (exact) mass is 261 g/mol. The number of pyridine rings is 1. The van der Waals surface area contributed by atoms with E-state index in [0.717, 1.165) is 5.69 Å². The Bertz CT molecular complexity index is 553. The Morgan fingerprint density at radius 3 is 2.89 bits per heavy atom. The van der Waals surface area contributed by atoms with E-state index in [4.69, 9.17) is 10.5 Å². The summed E-state index contributed by atoms with van der Waals surface area (Å²) in [4.78, 5) is 15.8. The van der Waals surface area contributed by atoms with Crippen LogP contribution in [0.25, 0.3) is 5.69 Å². The number of nitrogens with zero attached hydrogens (tertiary/aromatic N) is 3. The number of anilines is 1. The van der Waals surface area contributed by atoms with Crippen LogP contribution < -0.4 is 11.1 Å². The van der Waals surface area contributed by atoms with Gasteiger partial charge in [0.15, 0.2) is 0 Å². The fourth-order valence-electron chi connectivity index (χ4n) is 1.59. The molecule has 0 unspecified atom stereocenters. The number of ether oxygens (including phenoxy) is 1. The van der Waals surface area contributed by atoms with Crippen LogP contribution in [0, 0.1) is 0 Å². The third-order valence-corrected chi connectivity index (χ3v) is 2.55. The molecular formula is C12H15N5O2. The molecule has 1 amide bonds. The van der Waals surface area contributed by atoms with E-state index in [-0.39, 0.29) is 5.91 Å². The highest BCUT2D eigenvalue weighted by atomic mass is 16.5. The lowest BCUT2D eigenvalue weighted by molar-refractivity contribution is 0.0938. The maximum Gasteiger partial charge on any atom is 0.256 e. The molecule has 0 aromatic carbocycles. The molecule has 0 bridgehead atoms. The van der Waals surface area contributed by atoms with Crippen LogP contribution in [0.3, 0.4) is 0 Å².